The lowest BCUT2D eigenvalue weighted by atomic mass is 10.2. The van der Waals surface area contributed by atoms with E-state index < -0.39 is 12.5 Å². The maximum atomic E-state index is 12.8. The first-order valence-electron chi connectivity index (χ1n) is 12.3. The van der Waals surface area contributed by atoms with Crippen molar-refractivity contribution in [3.8, 4) is 11.1 Å². The number of nitrogens with zero attached hydrogens (tertiary/aromatic N) is 9. The Labute approximate surface area is 222 Å². The number of alkyl halides is 2. The summed E-state index contributed by atoms with van der Waals surface area (Å²) in [6.07, 6.45) is 7.40. The molecule has 1 saturated heterocycles. The Balaban J connectivity index is 0.000000384. The second kappa shape index (κ2) is 11.5. The minimum Gasteiger partial charge on any atom is -0.351 e. The van der Waals surface area contributed by atoms with Crippen LogP contribution in [0.3, 0.4) is 0 Å². The van der Waals surface area contributed by atoms with E-state index in [1.54, 1.807) is 29.2 Å². The second-order valence-electron chi connectivity index (χ2n) is 8.99. The molecule has 1 fully saturated rings. The van der Waals surface area contributed by atoms with Crippen LogP contribution in [0.2, 0.25) is 0 Å². The highest BCUT2D eigenvalue weighted by atomic mass is 19.3. The summed E-state index contributed by atoms with van der Waals surface area (Å²) in [5, 5.41) is 8.58. The molecule has 39 heavy (non-hydrogen) atoms. The molecule has 0 radical (unpaired) electrons. The number of fused-ring (bicyclic) bond motifs is 1. The third kappa shape index (κ3) is 5.98. The molecule has 5 aromatic rings. The van der Waals surface area contributed by atoms with Gasteiger partial charge in [0.2, 0.25) is 5.95 Å². The summed E-state index contributed by atoms with van der Waals surface area (Å²) in [5.74, 6) is 1.18. The number of hydrogen-bond donors (Lipinski definition) is 1. The van der Waals surface area contributed by atoms with Crippen molar-refractivity contribution >= 4 is 17.3 Å². The molecule has 13 heteroatoms. The van der Waals surface area contributed by atoms with E-state index in [0.717, 1.165) is 22.5 Å². The maximum absolute atomic E-state index is 12.8. The van der Waals surface area contributed by atoms with Crippen molar-refractivity contribution in [1.29, 1.82) is 0 Å². The van der Waals surface area contributed by atoms with Crippen LogP contribution in [0, 0.1) is 5.82 Å². The molecule has 1 unspecified atom stereocenters. The zero-order chi connectivity index (χ0) is 27.4. The smallest absolute Gasteiger partial charge is 0.257 e. The number of nitrogens with two attached hydrogens (primary N) is 1. The maximum Gasteiger partial charge on any atom is 0.257 e. The van der Waals surface area contributed by atoms with Crippen LogP contribution in [0.1, 0.15) is 11.6 Å². The minimum atomic E-state index is -2.65. The van der Waals surface area contributed by atoms with Crippen molar-refractivity contribution in [3.63, 3.8) is 0 Å². The highest BCUT2D eigenvalue weighted by Gasteiger charge is 2.23. The fourth-order valence-electron chi connectivity index (χ4n) is 4.23. The number of benzene rings is 1. The molecule has 0 amide bonds. The minimum absolute atomic E-state index is 0.178. The first kappa shape index (κ1) is 26.1. The lowest BCUT2D eigenvalue weighted by Gasteiger charge is -2.35. The van der Waals surface area contributed by atoms with Gasteiger partial charge >= 0.3 is 0 Å². The number of piperazine rings is 1. The lowest BCUT2D eigenvalue weighted by Crippen LogP contribution is -2.47. The average Bonchev–Trinajstić information content (AvgIpc) is 3.60. The van der Waals surface area contributed by atoms with Gasteiger partial charge < -0.3 is 15.5 Å². The molecular weight excluding hydrogens is 509 g/mol. The van der Waals surface area contributed by atoms with E-state index >= 15 is 0 Å². The molecule has 6 rings (SSSR count). The molecule has 0 bridgehead atoms. The fourth-order valence-corrected chi connectivity index (χ4v) is 4.23. The van der Waals surface area contributed by atoms with Gasteiger partial charge in [0.1, 0.15) is 17.7 Å². The summed E-state index contributed by atoms with van der Waals surface area (Å²) in [6, 6.07) is 8.63. The predicted molar refractivity (Wildman–Crippen MR) is 141 cm³/mol. The molecule has 4 aromatic heterocycles. The normalized spacial score (nSPS) is 14.4. The summed E-state index contributed by atoms with van der Waals surface area (Å²) in [7, 11) is 1.88. The number of aryl methyl sites for hydroxylation is 1. The van der Waals surface area contributed by atoms with Crippen molar-refractivity contribution in [2.75, 3.05) is 36.0 Å². The first-order valence-corrected chi connectivity index (χ1v) is 12.3. The van der Waals surface area contributed by atoms with E-state index in [9.17, 15) is 13.2 Å². The Morgan fingerprint density at radius 1 is 0.846 bits per heavy atom. The van der Waals surface area contributed by atoms with E-state index in [4.69, 9.17) is 5.73 Å². The largest absolute Gasteiger partial charge is 0.351 e. The van der Waals surface area contributed by atoms with E-state index in [2.05, 4.69) is 36.1 Å². The summed E-state index contributed by atoms with van der Waals surface area (Å²) in [4.78, 5) is 17.2. The average molecular weight is 537 g/mol. The van der Waals surface area contributed by atoms with Gasteiger partial charge in [-0.3, -0.25) is 4.68 Å². The molecule has 1 aliphatic rings. The second-order valence-corrected chi connectivity index (χ2v) is 8.99. The van der Waals surface area contributed by atoms with Gasteiger partial charge in [-0.15, -0.1) is 0 Å². The Morgan fingerprint density at radius 3 is 2.13 bits per heavy atom. The zero-order valence-corrected chi connectivity index (χ0v) is 21.1. The van der Waals surface area contributed by atoms with Crippen molar-refractivity contribution in [2.24, 2.45) is 12.8 Å². The SMILES string of the molecule is Cn1cc(-c2cc3c(N4CCN(c5ncc(C(N)C(F)F)cn5)CC4)ncnn3c2)cn1.Fc1ccccc1. The van der Waals surface area contributed by atoms with Crippen molar-refractivity contribution in [2.45, 2.75) is 12.5 Å². The van der Waals surface area contributed by atoms with Gasteiger partial charge in [0.25, 0.3) is 6.43 Å². The first-order chi connectivity index (χ1) is 18.9. The van der Waals surface area contributed by atoms with E-state index in [-0.39, 0.29) is 11.4 Å². The molecule has 2 N–H and O–H groups in total. The third-order valence-electron chi connectivity index (χ3n) is 6.33. The predicted octanol–water partition coefficient (Wildman–Crippen LogP) is 3.34. The quantitative estimate of drug-likeness (QED) is 0.365. The summed E-state index contributed by atoms with van der Waals surface area (Å²) >= 11 is 0. The Morgan fingerprint density at radius 2 is 1.54 bits per heavy atom. The van der Waals surface area contributed by atoms with Gasteiger partial charge in [-0.05, 0) is 18.2 Å². The third-order valence-corrected chi connectivity index (χ3v) is 6.33. The number of rotatable bonds is 5. The van der Waals surface area contributed by atoms with Crippen LogP contribution in [0.25, 0.3) is 16.6 Å². The fraction of sp³-hybridized carbons (Fsp3) is 0.269. The van der Waals surface area contributed by atoms with E-state index in [0.29, 0.717) is 32.1 Å². The van der Waals surface area contributed by atoms with Gasteiger partial charge in [0, 0.05) is 74.7 Å². The van der Waals surface area contributed by atoms with Crippen LogP contribution in [0.15, 0.2) is 73.7 Å². The standard InChI is InChI=1S/C20H22F2N10.C6H5F/c1-29-10-15(9-27-29)13-6-16-19(26-12-28-32(16)11-13)30-2-4-31(5-3-30)20-24-7-14(8-25-20)17(23)18(21)22;7-6-4-2-1-3-5-6/h6-12,17-18H,2-5,23H2,1H3;1-5H. The Kier molecular flexibility index (Phi) is 7.68. The van der Waals surface area contributed by atoms with E-state index in [1.807, 2.05) is 35.1 Å². The van der Waals surface area contributed by atoms with Crippen LogP contribution >= 0.6 is 0 Å². The van der Waals surface area contributed by atoms with Crippen LogP contribution in [-0.4, -0.2) is 67.0 Å². The molecule has 0 saturated carbocycles. The van der Waals surface area contributed by atoms with Crippen molar-refractivity contribution in [3.05, 3.63) is 85.1 Å². The summed E-state index contributed by atoms with van der Waals surface area (Å²) < 4.78 is 41.0. The molecule has 10 nitrogen and oxygen atoms in total. The highest BCUT2D eigenvalue weighted by molar-refractivity contribution is 5.77. The topological polar surface area (TPSA) is 106 Å². The number of hydrogen-bond acceptors (Lipinski definition) is 8. The summed E-state index contributed by atoms with van der Waals surface area (Å²) in [5.41, 5.74) is 8.65. The van der Waals surface area contributed by atoms with Gasteiger partial charge in [-0.25, -0.2) is 32.6 Å². The molecule has 0 spiro atoms. The van der Waals surface area contributed by atoms with Crippen molar-refractivity contribution < 1.29 is 13.2 Å². The van der Waals surface area contributed by atoms with Crippen molar-refractivity contribution in [1.82, 2.24) is 34.3 Å². The summed E-state index contributed by atoms with van der Waals surface area (Å²) in [6.45, 7) is 2.77. The van der Waals surface area contributed by atoms with Crippen LogP contribution < -0.4 is 15.5 Å². The Hall–Kier alpha value is -4.52. The van der Waals surface area contributed by atoms with Gasteiger partial charge in [0.15, 0.2) is 5.82 Å². The monoisotopic (exact) mass is 536 g/mol. The molecule has 1 aromatic carbocycles. The molecule has 1 atom stereocenters. The highest BCUT2D eigenvalue weighted by Crippen LogP contribution is 2.27. The lowest BCUT2D eigenvalue weighted by molar-refractivity contribution is 0.116. The molecule has 5 heterocycles. The van der Waals surface area contributed by atoms with Crippen LogP contribution in [0.4, 0.5) is 24.9 Å². The molecular formula is C26H27F3N10. The van der Waals surface area contributed by atoms with E-state index in [1.165, 1.54) is 24.5 Å². The van der Waals surface area contributed by atoms with Crippen LogP contribution in [-0.2, 0) is 7.05 Å². The molecule has 0 aliphatic carbocycles. The van der Waals surface area contributed by atoms with Gasteiger partial charge in [-0.2, -0.15) is 10.2 Å². The number of halogens is 3. The molecule has 202 valence electrons. The zero-order valence-electron chi connectivity index (χ0n) is 21.1. The molecule has 1 aliphatic heterocycles. The van der Waals surface area contributed by atoms with Gasteiger partial charge in [0.05, 0.1) is 12.2 Å². The van der Waals surface area contributed by atoms with Crippen LogP contribution in [0.5, 0.6) is 0 Å². The Bertz CT molecular complexity index is 1500. The number of aromatic nitrogens is 7. The number of anilines is 2. The van der Waals surface area contributed by atoms with Gasteiger partial charge in [-0.1, -0.05) is 18.2 Å².